The van der Waals surface area contributed by atoms with Gasteiger partial charge in [-0.05, 0) is 45.0 Å². The minimum Gasteiger partial charge on any atom is -0.481 e. The molecule has 118 valence electrons. The van der Waals surface area contributed by atoms with Gasteiger partial charge in [-0.15, -0.1) is 12.4 Å². The van der Waals surface area contributed by atoms with Crippen LogP contribution in [-0.4, -0.2) is 42.1 Å². The number of carbonyl (C=O) groups is 1. The second-order valence-corrected chi connectivity index (χ2v) is 6.14. The van der Waals surface area contributed by atoms with Crippen LogP contribution in [0.15, 0.2) is 28.7 Å². The number of nitrogens with zero attached hydrogens (tertiary/aromatic N) is 1. The maximum atomic E-state index is 12.5. The summed E-state index contributed by atoms with van der Waals surface area (Å²) in [5.41, 5.74) is 0. The summed E-state index contributed by atoms with van der Waals surface area (Å²) in [7, 11) is 0. The van der Waals surface area contributed by atoms with E-state index in [1.807, 2.05) is 36.1 Å². The number of carbonyl (C=O) groups excluding carboxylic acids is 1. The second-order valence-electron chi connectivity index (χ2n) is 5.23. The minimum absolute atomic E-state index is 0. The fourth-order valence-corrected chi connectivity index (χ4v) is 2.63. The van der Waals surface area contributed by atoms with E-state index in [0.29, 0.717) is 11.8 Å². The zero-order chi connectivity index (χ0) is 14.7. The Hall–Kier alpha value is -0.780. The molecule has 1 fully saturated rings. The molecule has 4 nitrogen and oxygen atoms in total. The van der Waals surface area contributed by atoms with E-state index in [0.717, 1.165) is 17.6 Å². The van der Waals surface area contributed by atoms with Crippen LogP contribution in [0.1, 0.15) is 20.8 Å². The molecule has 0 radical (unpaired) electrons. The summed E-state index contributed by atoms with van der Waals surface area (Å²) in [6, 6.07) is 8.03. The fraction of sp³-hybridized carbons (Fsp3) is 0.533. The number of amides is 1. The minimum atomic E-state index is -0.469. The van der Waals surface area contributed by atoms with Crippen LogP contribution in [0.5, 0.6) is 5.75 Å². The van der Waals surface area contributed by atoms with Crippen molar-refractivity contribution in [2.24, 2.45) is 0 Å². The number of benzene rings is 1. The quantitative estimate of drug-likeness (QED) is 0.880. The molecule has 1 aromatic carbocycles. The zero-order valence-electron chi connectivity index (χ0n) is 12.5. The standard InChI is InChI=1S/C15H21BrN2O2.ClH/c1-10-11(2)18(9-8-17-10)15(19)12(3)20-14-6-4-13(16)5-7-14;/h4-7,10-12,17H,8-9H2,1-3H3;1H. The summed E-state index contributed by atoms with van der Waals surface area (Å²) >= 11 is 3.38. The zero-order valence-corrected chi connectivity index (χ0v) is 14.9. The van der Waals surface area contributed by atoms with Crippen LogP contribution in [-0.2, 0) is 4.79 Å². The Balaban J connectivity index is 0.00000220. The van der Waals surface area contributed by atoms with E-state index in [1.54, 1.807) is 0 Å². The number of ether oxygens (including phenoxy) is 1. The Morgan fingerprint density at radius 2 is 2.00 bits per heavy atom. The van der Waals surface area contributed by atoms with Crippen LogP contribution in [0.4, 0.5) is 0 Å². The monoisotopic (exact) mass is 376 g/mol. The SMILES string of the molecule is CC(Oc1ccc(Br)cc1)C(=O)N1CCNC(C)C1C.Cl. The van der Waals surface area contributed by atoms with Crippen LogP contribution in [0.3, 0.4) is 0 Å². The molecule has 0 spiro atoms. The third kappa shape index (κ3) is 4.59. The predicted molar refractivity (Wildman–Crippen MR) is 90.1 cm³/mol. The smallest absolute Gasteiger partial charge is 0.263 e. The average molecular weight is 378 g/mol. The van der Waals surface area contributed by atoms with E-state index in [4.69, 9.17) is 4.74 Å². The van der Waals surface area contributed by atoms with Crippen molar-refractivity contribution >= 4 is 34.2 Å². The van der Waals surface area contributed by atoms with Crippen molar-refractivity contribution in [2.75, 3.05) is 13.1 Å². The first-order chi connectivity index (χ1) is 9.49. The molecule has 1 N–H and O–H groups in total. The molecule has 3 unspecified atom stereocenters. The number of hydrogen-bond acceptors (Lipinski definition) is 3. The molecule has 1 heterocycles. The van der Waals surface area contributed by atoms with Gasteiger partial charge in [0.05, 0.1) is 0 Å². The van der Waals surface area contributed by atoms with Gasteiger partial charge in [0.1, 0.15) is 5.75 Å². The molecule has 0 saturated carbocycles. The third-order valence-corrected chi connectivity index (χ3v) is 4.32. The Kier molecular flexibility index (Phi) is 6.97. The highest BCUT2D eigenvalue weighted by atomic mass is 79.9. The number of hydrogen-bond donors (Lipinski definition) is 1. The molecule has 6 heteroatoms. The summed E-state index contributed by atoms with van der Waals surface area (Å²) in [4.78, 5) is 14.4. The van der Waals surface area contributed by atoms with Gasteiger partial charge in [-0.2, -0.15) is 0 Å². The van der Waals surface area contributed by atoms with E-state index in [9.17, 15) is 4.79 Å². The van der Waals surface area contributed by atoms with Crippen LogP contribution >= 0.6 is 28.3 Å². The van der Waals surface area contributed by atoms with Crippen molar-refractivity contribution < 1.29 is 9.53 Å². The second kappa shape index (κ2) is 8.01. The molecule has 0 aliphatic carbocycles. The van der Waals surface area contributed by atoms with Crippen molar-refractivity contribution in [1.82, 2.24) is 10.2 Å². The Bertz CT molecular complexity index is 469. The molecule has 0 aromatic heterocycles. The number of nitrogens with one attached hydrogen (secondary N) is 1. The predicted octanol–water partition coefficient (Wildman–Crippen LogP) is 2.85. The number of rotatable bonds is 3. The van der Waals surface area contributed by atoms with Gasteiger partial charge in [-0.25, -0.2) is 0 Å². The van der Waals surface area contributed by atoms with E-state index in [1.165, 1.54) is 0 Å². The van der Waals surface area contributed by atoms with E-state index < -0.39 is 6.10 Å². The highest BCUT2D eigenvalue weighted by Gasteiger charge is 2.31. The molecular formula is C15H22BrClN2O2. The topological polar surface area (TPSA) is 41.6 Å². The van der Waals surface area contributed by atoms with Crippen LogP contribution in [0, 0.1) is 0 Å². The summed E-state index contributed by atoms with van der Waals surface area (Å²) in [5, 5.41) is 3.37. The fourth-order valence-electron chi connectivity index (χ4n) is 2.37. The molecule has 1 amide bonds. The highest BCUT2D eigenvalue weighted by molar-refractivity contribution is 9.10. The lowest BCUT2D eigenvalue weighted by molar-refractivity contribution is -0.141. The molecule has 0 bridgehead atoms. The van der Waals surface area contributed by atoms with Gasteiger partial charge in [0.15, 0.2) is 6.10 Å². The normalized spacial score (nSPS) is 23.1. The van der Waals surface area contributed by atoms with E-state index >= 15 is 0 Å². The maximum absolute atomic E-state index is 12.5. The molecule has 2 rings (SSSR count). The molecule has 1 saturated heterocycles. The third-order valence-electron chi connectivity index (χ3n) is 3.79. The van der Waals surface area contributed by atoms with Gasteiger partial charge in [0.25, 0.3) is 5.91 Å². The van der Waals surface area contributed by atoms with Crippen molar-refractivity contribution in [3.63, 3.8) is 0 Å². The summed E-state index contributed by atoms with van der Waals surface area (Å²) in [6.45, 7) is 7.55. The summed E-state index contributed by atoms with van der Waals surface area (Å²) in [6.07, 6.45) is -0.469. The Morgan fingerprint density at radius 1 is 1.38 bits per heavy atom. The Morgan fingerprint density at radius 3 is 2.62 bits per heavy atom. The van der Waals surface area contributed by atoms with Crippen molar-refractivity contribution in [3.8, 4) is 5.75 Å². The van der Waals surface area contributed by atoms with E-state index in [2.05, 4.69) is 35.1 Å². The van der Waals surface area contributed by atoms with E-state index in [-0.39, 0.29) is 24.4 Å². The van der Waals surface area contributed by atoms with Gasteiger partial charge >= 0.3 is 0 Å². The van der Waals surface area contributed by atoms with Gasteiger partial charge in [-0.3, -0.25) is 4.79 Å². The van der Waals surface area contributed by atoms with Gasteiger partial charge in [0.2, 0.25) is 0 Å². The number of piperazine rings is 1. The van der Waals surface area contributed by atoms with Gasteiger partial charge in [-0.1, -0.05) is 15.9 Å². The lowest BCUT2D eigenvalue weighted by Crippen LogP contribution is -2.59. The van der Waals surface area contributed by atoms with Crippen LogP contribution < -0.4 is 10.1 Å². The lowest BCUT2D eigenvalue weighted by atomic mass is 10.1. The van der Waals surface area contributed by atoms with Gasteiger partial charge in [0, 0.05) is 29.6 Å². The first-order valence-corrected chi connectivity index (χ1v) is 7.74. The largest absolute Gasteiger partial charge is 0.481 e. The lowest BCUT2D eigenvalue weighted by Gasteiger charge is -2.39. The van der Waals surface area contributed by atoms with Crippen LogP contribution in [0.25, 0.3) is 0 Å². The Labute approximate surface area is 140 Å². The number of halogens is 2. The first kappa shape index (κ1) is 18.3. The molecule has 1 aromatic rings. The summed E-state index contributed by atoms with van der Waals surface area (Å²) < 4.78 is 6.73. The summed E-state index contributed by atoms with van der Waals surface area (Å²) in [5.74, 6) is 0.763. The van der Waals surface area contributed by atoms with Crippen LogP contribution in [0.2, 0.25) is 0 Å². The molecule has 1 aliphatic rings. The van der Waals surface area contributed by atoms with Crippen molar-refractivity contribution in [2.45, 2.75) is 39.0 Å². The first-order valence-electron chi connectivity index (χ1n) is 6.95. The van der Waals surface area contributed by atoms with Crippen molar-refractivity contribution in [1.29, 1.82) is 0 Å². The maximum Gasteiger partial charge on any atom is 0.263 e. The molecule has 3 atom stereocenters. The average Bonchev–Trinajstić information content (AvgIpc) is 2.43. The highest BCUT2D eigenvalue weighted by Crippen LogP contribution is 2.19. The molecule has 1 aliphatic heterocycles. The molecular weight excluding hydrogens is 356 g/mol. The van der Waals surface area contributed by atoms with Crippen molar-refractivity contribution in [3.05, 3.63) is 28.7 Å². The molecule has 21 heavy (non-hydrogen) atoms. The van der Waals surface area contributed by atoms with Gasteiger partial charge < -0.3 is 15.0 Å².